The smallest absolute Gasteiger partial charge is 0.163 e. The van der Waals surface area contributed by atoms with Gasteiger partial charge in [-0.1, -0.05) is 43.1 Å². The van der Waals surface area contributed by atoms with Crippen molar-refractivity contribution in [3.63, 3.8) is 0 Å². The molecule has 0 radical (unpaired) electrons. The van der Waals surface area contributed by atoms with E-state index in [0.717, 1.165) is 65.9 Å². The maximum Gasteiger partial charge on any atom is 0.163 e. The van der Waals surface area contributed by atoms with E-state index in [1.54, 1.807) is 6.07 Å². The van der Waals surface area contributed by atoms with Gasteiger partial charge >= 0.3 is 0 Å². The number of aromatic nitrogens is 2. The van der Waals surface area contributed by atoms with Crippen LogP contribution in [0.25, 0.3) is 11.4 Å². The molecule has 1 aliphatic carbocycles. The van der Waals surface area contributed by atoms with E-state index in [-0.39, 0.29) is 11.9 Å². The summed E-state index contributed by atoms with van der Waals surface area (Å²) in [6.45, 7) is 2.09. The molecule has 2 heterocycles. The molecule has 0 bridgehead atoms. The zero-order valence-corrected chi connectivity index (χ0v) is 18.2. The van der Waals surface area contributed by atoms with Crippen LogP contribution in [0.3, 0.4) is 0 Å². The summed E-state index contributed by atoms with van der Waals surface area (Å²) >= 11 is 6.45. The molecule has 158 valence electrons. The summed E-state index contributed by atoms with van der Waals surface area (Å²) in [5.74, 6) is 1.78. The molecule has 0 amide bonds. The van der Waals surface area contributed by atoms with Crippen molar-refractivity contribution in [2.75, 3.05) is 5.32 Å². The molecular weight excluding hydrogens is 411 g/mol. The average Bonchev–Trinajstić information content (AvgIpc) is 2.94. The first kappa shape index (κ1) is 20.1. The third kappa shape index (κ3) is 3.83. The highest BCUT2D eigenvalue weighted by Gasteiger charge is 2.26. The van der Waals surface area contributed by atoms with Crippen LogP contribution < -0.4 is 5.32 Å². The van der Waals surface area contributed by atoms with Gasteiger partial charge in [0.25, 0.3) is 0 Å². The number of benzene rings is 2. The molecule has 3 aromatic rings. The third-order valence-electron chi connectivity index (χ3n) is 6.09. The Balaban J connectivity index is 1.62. The Morgan fingerprint density at radius 1 is 1.03 bits per heavy atom. The zero-order chi connectivity index (χ0) is 21.4. The predicted molar refractivity (Wildman–Crippen MR) is 123 cm³/mol. The number of hydrogen-bond acceptors (Lipinski definition) is 4. The molecular formula is C25H24ClFN4. The first-order chi connectivity index (χ1) is 15.1. The van der Waals surface area contributed by atoms with Gasteiger partial charge in [0.1, 0.15) is 17.5 Å². The van der Waals surface area contributed by atoms with Crippen molar-refractivity contribution < 1.29 is 4.39 Å². The summed E-state index contributed by atoms with van der Waals surface area (Å²) < 4.78 is 14.0. The van der Waals surface area contributed by atoms with E-state index >= 15 is 0 Å². The molecule has 6 heteroatoms. The Labute approximate surface area is 186 Å². The Morgan fingerprint density at radius 2 is 1.87 bits per heavy atom. The lowest BCUT2D eigenvalue weighted by Gasteiger charge is -2.16. The highest BCUT2D eigenvalue weighted by atomic mass is 35.5. The SMILES string of the molecule is CCC1N=C(Nc2nc(-c3ccccc3Cl)nc3c2CCCCC3)c2cc(F)ccc21. The number of fused-ring (bicyclic) bond motifs is 2. The predicted octanol–water partition coefficient (Wildman–Crippen LogP) is 6.53. The Hall–Kier alpha value is -2.79. The van der Waals surface area contributed by atoms with E-state index in [4.69, 9.17) is 26.6 Å². The first-order valence-corrected chi connectivity index (χ1v) is 11.3. The quantitative estimate of drug-likeness (QED) is 0.477. The number of aliphatic imine (C=N–C) groups is 1. The molecule has 0 saturated carbocycles. The van der Waals surface area contributed by atoms with Gasteiger partial charge in [0, 0.05) is 22.4 Å². The van der Waals surface area contributed by atoms with E-state index < -0.39 is 0 Å². The first-order valence-electron chi connectivity index (χ1n) is 10.9. The normalized spacial score (nSPS) is 17.5. The molecule has 0 fully saturated rings. The Morgan fingerprint density at radius 3 is 2.71 bits per heavy atom. The van der Waals surface area contributed by atoms with Crippen LogP contribution in [0.4, 0.5) is 10.2 Å². The van der Waals surface area contributed by atoms with Crippen LogP contribution in [-0.2, 0) is 12.8 Å². The van der Waals surface area contributed by atoms with Crippen LogP contribution in [0.15, 0.2) is 47.5 Å². The molecule has 4 nitrogen and oxygen atoms in total. The topological polar surface area (TPSA) is 50.2 Å². The second-order valence-electron chi connectivity index (χ2n) is 8.12. The molecule has 2 aromatic carbocycles. The summed E-state index contributed by atoms with van der Waals surface area (Å²) in [5.41, 5.74) is 4.87. The number of amidine groups is 1. The Bertz CT molecular complexity index is 1170. The van der Waals surface area contributed by atoms with Gasteiger partial charge in [-0.05, 0) is 61.9 Å². The standard InChI is InChI=1S/C25H24ClFN4/c1-2-21-16-13-12-15(27)14-19(16)25(28-21)31-24-18-9-4-3-5-11-22(18)29-23(30-24)17-8-6-7-10-20(17)26/h6-8,10,12-14,21H,2-5,9,11H2,1H3,(H,28,29,30,31). The largest absolute Gasteiger partial charge is 0.324 e. The lowest BCUT2D eigenvalue weighted by molar-refractivity contribution is 0.625. The van der Waals surface area contributed by atoms with Crippen LogP contribution >= 0.6 is 11.6 Å². The molecule has 1 atom stereocenters. The fraction of sp³-hybridized carbons (Fsp3) is 0.320. The fourth-order valence-corrected chi connectivity index (χ4v) is 4.70. The van der Waals surface area contributed by atoms with Crippen molar-refractivity contribution in [3.8, 4) is 11.4 Å². The molecule has 0 saturated heterocycles. The number of rotatable bonds is 3. The van der Waals surface area contributed by atoms with Crippen LogP contribution in [0.5, 0.6) is 0 Å². The summed E-state index contributed by atoms with van der Waals surface area (Å²) in [7, 11) is 0. The van der Waals surface area contributed by atoms with E-state index in [9.17, 15) is 4.39 Å². The van der Waals surface area contributed by atoms with Gasteiger partial charge in [-0.3, -0.25) is 4.99 Å². The van der Waals surface area contributed by atoms with Gasteiger partial charge < -0.3 is 5.32 Å². The van der Waals surface area contributed by atoms with Gasteiger partial charge in [0.05, 0.1) is 11.1 Å². The molecule has 1 aromatic heterocycles. The molecule has 1 unspecified atom stereocenters. The fourth-order valence-electron chi connectivity index (χ4n) is 4.48. The number of nitrogens with zero attached hydrogens (tertiary/aromatic N) is 3. The van der Waals surface area contributed by atoms with Gasteiger partial charge in [0.2, 0.25) is 0 Å². The number of halogens is 2. The van der Waals surface area contributed by atoms with E-state index in [1.807, 2.05) is 30.3 Å². The second-order valence-corrected chi connectivity index (χ2v) is 8.53. The highest BCUT2D eigenvalue weighted by molar-refractivity contribution is 6.33. The lowest BCUT2D eigenvalue weighted by Crippen LogP contribution is -2.17. The highest BCUT2D eigenvalue weighted by Crippen LogP contribution is 2.35. The molecule has 1 aliphatic heterocycles. The maximum absolute atomic E-state index is 14.0. The minimum Gasteiger partial charge on any atom is -0.324 e. The minimum atomic E-state index is -0.261. The number of aryl methyl sites for hydroxylation is 1. The molecule has 5 rings (SSSR count). The third-order valence-corrected chi connectivity index (χ3v) is 6.42. The zero-order valence-electron chi connectivity index (χ0n) is 17.5. The van der Waals surface area contributed by atoms with Crippen LogP contribution in [0.2, 0.25) is 5.02 Å². The van der Waals surface area contributed by atoms with Crippen LogP contribution in [0.1, 0.15) is 61.0 Å². The van der Waals surface area contributed by atoms with Gasteiger partial charge in [-0.25, -0.2) is 14.4 Å². The summed E-state index contributed by atoms with van der Waals surface area (Å²) in [5, 5.41) is 4.09. The van der Waals surface area contributed by atoms with Crippen molar-refractivity contribution >= 4 is 23.3 Å². The van der Waals surface area contributed by atoms with Crippen molar-refractivity contribution in [1.29, 1.82) is 0 Å². The van der Waals surface area contributed by atoms with Crippen molar-refractivity contribution in [1.82, 2.24) is 9.97 Å². The molecule has 1 N–H and O–H groups in total. The van der Waals surface area contributed by atoms with Gasteiger partial charge in [-0.2, -0.15) is 0 Å². The van der Waals surface area contributed by atoms with Crippen molar-refractivity contribution in [2.45, 2.75) is 51.5 Å². The van der Waals surface area contributed by atoms with E-state index in [0.29, 0.717) is 16.7 Å². The number of hydrogen-bond donors (Lipinski definition) is 1. The van der Waals surface area contributed by atoms with Crippen LogP contribution in [-0.4, -0.2) is 15.8 Å². The summed E-state index contributed by atoms with van der Waals surface area (Å²) in [4.78, 5) is 14.6. The minimum absolute atomic E-state index is 0.0292. The lowest BCUT2D eigenvalue weighted by atomic mass is 10.0. The number of nitrogens with one attached hydrogen (secondary N) is 1. The number of anilines is 1. The summed E-state index contributed by atoms with van der Waals surface area (Å²) in [6, 6.07) is 12.6. The second kappa shape index (κ2) is 8.39. The van der Waals surface area contributed by atoms with Gasteiger partial charge in [-0.15, -0.1) is 0 Å². The van der Waals surface area contributed by atoms with Crippen LogP contribution in [0, 0.1) is 5.82 Å². The molecule has 0 spiro atoms. The molecule has 2 aliphatic rings. The average molecular weight is 435 g/mol. The Kier molecular flexibility index (Phi) is 5.45. The van der Waals surface area contributed by atoms with E-state index in [1.165, 1.54) is 12.5 Å². The van der Waals surface area contributed by atoms with Crippen molar-refractivity contribution in [3.05, 3.63) is 75.7 Å². The molecule has 31 heavy (non-hydrogen) atoms. The van der Waals surface area contributed by atoms with Gasteiger partial charge in [0.15, 0.2) is 5.82 Å². The van der Waals surface area contributed by atoms with Crippen molar-refractivity contribution in [2.24, 2.45) is 4.99 Å². The maximum atomic E-state index is 14.0. The van der Waals surface area contributed by atoms with E-state index in [2.05, 4.69) is 12.2 Å². The monoisotopic (exact) mass is 434 g/mol. The summed E-state index contributed by atoms with van der Waals surface area (Å²) in [6.07, 6.45) is 6.07.